The first-order valence-electron chi connectivity index (χ1n) is 9.24. The van der Waals surface area contributed by atoms with Crippen LogP contribution in [-0.4, -0.2) is 36.6 Å². The van der Waals surface area contributed by atoms with Crippen LogP contribution in [-0.2, 0) is 16.1 Å². The molecule has 0 bridgehead atoms. The first-order chi connectivity index (χ1) is 12.5. The van der Waals surface area contributed by atoms with Gasteiger partial charge in [-0.2, -0.15) is 0 Å². The smallest absolute Gasteiger partial charge is 0.303 e. The van der Waals surface area contributed by atoms with Gasteiger partial charge >= 0.3 is 5.97 Å². The highest BCUT2D eigenvalue weighted by atomic mass is 16.5. The van der Waals surface area contributed by atoms with E-state index in [1.165, 1.54) is 22.3 Å². The molecule has 2 aliphatic rings. The van der Waals surface area contributed by atoms with Crippen LogP contribution in [0.4, 0.5) is 0 Å². The van der Waals surface area contributed by atoms with Crippen LogP contribution in [0.15, 0.2) is 53.8 Å². The van der Waals surface area contributed by atoms with Crippen molar-refractivity contribution in [2.45, 2.75) is 32.3 Å². The largest absolute Gasteiger partial charge is 0.489 e. The van der Waals surface area contributed by atoms with Crippen molar-refractivity contribution in [3.8, 4) is 0 Å². The number of carboxylic acids is 1. The first-order valence-corrected chi connectivity index (χ1v) is 9.24. The average Bonchev–Trinajstić information content (AvgIpc) is 2.77. The van der Waals surface area contributed by atoms with Gasteiger partial charge in [0.15, 0.2) is 0 Å². The minimum Gasteiger partial charge on any atom is -0.489 e. The molecule has 138 valence electrons. The Hall–Kier alpha value is -2.33. The molecule has 26 heavy (non-hydrogen) atoms. The van der Waals surface area contributed by atoms with E-state index in [0.29, 0.717) is 13.0 Å². The van der Waals surface area contributed by atoms with Crippen molar-refractivity contribution in [3.63, 3.8) is 0 Å². The quantitative estimate of drug-likeness (QED) is 0.831. The van der Waals surface area contributed by atoms with E-state index < -0.39 is 5.97 Å². The molecule has 0 radical (unpaired) electrons. The van der Waals surface area contributed by atoms with E-state index >= 15 is 0 Å². The van der Waals surface area contributed by atoms with Gasteiger partial charge in [-0.3, -0.25) is 4.79 Å². The molecule has 1 aliphatic carbocycles. The normalized spacial score (nSPS) is 20.6. The van der Waals surface area contributed by atoms with Crippen LogP contribution in [0.2, 0.25) is 0 Å². The van der Waals surface area contributed by atoms with Gasteiger partial charge in [0, 0.05) is 18.5 Å². The zero-order valence-electron chi connectivity index (χ0n) is 15.6. The molecule has 1 N–H and O–H groups in total. The molecule has 1 aliphatic heterocycles. The maximum Gasteiger partial charge on any atom is 0.303 e. The predicted octanol–water partition coefficient (Wildman–Crippen LogP) is 4.25. The lowest BCUT2D eigenvalue weighted by Gasteiger charge is -2.22. The van der Waals surface area contributed by atoms with Crippen LogP contribution in [0.25, 0.3) is 5.57 Å². The lowest BCUT2D eigenvalue weighted by Crippen LogP contribution is -2.12. The van der Waals surface area contributed by atoms with E-state index in [4.69, 9.17) is 9.84 Å². The maximum absolute atomic E-state index is 10.9. The van der Waals surface area contributed by atoms with Crippen LogP contribution in [0.3, 0.4) is 0 Å². The molecule has 0 saturated heterocycles. The number of hydrogen-bond donors (Lipinski definition) is 1. The van der Waals surface area contributed by atoms with Crippen LogP contribution in [0.1, 0.15) is 36.8 Å². The van der Waals surface area contributed by atoms with Crippen LogP contribution >= 0.6 is 0 Å². The van der Waals surface area contributed by atoms with Gasteiger partial charge in [-0.25, -0.2) is 0 Å². The Labute approximate surface area is 155 Å². The molecule has 1 atom stereocenters. The molecule has 1 heterocycles. The lowest BCUT2D eigenvalue weighted by molar-refractivity contribution is -0.137. The van der Waals surface area contributed by atoms with Gasteiger partial charge in [0.1, 0.15) is 12.4 Å². The molecule has 1 aromatic rings. The third kappa shape index (κ3) is 4.44. The van der Waals surface area contributed by atoms with Crippen molar-refractivity contribution in [2.24, 2.45) is 5.92 Å². The summed E-state index contributed by atoms with van der Waals surface area (Å²) in [7, 11) is 4.16. The summed E-state index contributed by atoms with van der Waals surface area (Å²) in [5.74, 6) is 0.447. The SMILES string of the molecule is CN(C)CCC=C1C2=C(C=CC(CCC(=O)O)C2)OCc2ccccc21. The molecule has 1 aromatic carbocycles. The molecule has 0 fully saturated rings. The molecular weight excluding hydrogens is 326 g/mol. The molecule has 0 saturated carbocycles. The average molecular weight is 353 g/mol. The summed E-state index contributed by atoms with van der Waals surface area (Å²) in [6.07, 6.45) is 9.13. The fourth-order valence-corrected chi connectivity index (χ4v) is 3.57. The summed E-state index contributed by atoms with van der Waals surface area (Å²) >= 11 is 0. The minimum atomic E-state index is -0.734. The molecule has 0 spiro atoms. The Bertz CT molecular complexity index is 758. The van der Waals surface area contributed by atoms with Gasteiger partial charge in [0.2, 0.25) is 0 Å². The minimum absolute atomic E-state index is 0.203. The fourth-order valence-electron chi connectivity index (χ4n) is 3.57. The molecule has 4 nitrogen and oxygen atoms in total. The third-order valence-electron chi connectivity index (χ3n) is 4.95. The number of rotatable bonds is 6. The van der Waals surface area contributed by atoms with Crippen molar-refractivity contribution in [2.75, 3.05) is 20.6 Å². The van der Waals surface area contributed by atoms with Crippen molar-refractivity contribution < 1.29 is 14.6 Å². The van der Waals surface area contributed by atoms with E-state index in [0.717, 1.165) is 25.1 Å². The number of benzene rings is 1. The van der Waals surface area contributed by atoms with Gasteiger partial charge in [-0.1, -0.05) is 36.4 Å². The second-order valence-corrected chi connectivity index (χ2v) is 7.25. The Morgan fingerprint density at radius 2 is 2.15 bits per heavy atom. The Balaban J connectivity index is 1.91. The summed E-state index contributed by atoms with van der Waals surface area (Å²) in [4.78, 5) is 13.1. The zero-order chi connectivity index (χ0) is 18.5. The van der Waals surface area contributed by atoms with Crippen LogP contribution in [0, 0.1) is 5.92 Å². The van der Waals surface area contributed by atoms with E-state index in [1.807, 2.05) is 6.08 Å². The number of carbonyl (C=O) groups is 1. The number of carboxylic acid groups (broad SMARTS) is 1. The van der Waals surface area contributed by atoms with Crippen molar-refractivity contribution in [1.29, 1.82) is 0 Å². The van der Waals surface area contributed by atoms with Crippen molar-refractivity contribution >= 4 is 11.5 Å². The number of ether oxygens (including phenoxy) is 1. The van der Waals surface area contributed by atoms with Gasteiger partial charge < -0.3 is 14.7 Å². The highest BCUT2D eigenvalue weighted by Gasteiger charge is 2.25. The predicted molar refractivity (Wildman–Crippen MR) is 104 cm³/mol. The van der Waals surface area contributed by atoms with Crippen molar-refractivity contribution in [1.82, 2.24) is 4.90 Å². The molecule has 0 aromatic heterocycles. The molecule has 4 heteroatoms. The van der Waals surface area contributed by atoms with Gasteiger partial charge in [0.25, 0.3) is 0 Å². The van der Waals surface area contributed by atoms with E-state index in [2.05, 4.69) is 55.4 Å². The summed E-state index contributed by atoms with van der Waals surface area (Å²) < 4.78 is 6.09. The number of allylic oxidation sites excluding steroid dienone is 4. The summed E-state index contributed by atoms with van der Waals surface area (Å²) in [6, 6.07) is 8.42. The highest BCUT2D eigenvalue weighted by molar-refractivity contribution is 5.82. The number of hydrogen-bond acceptors (Lipinski definition) is 3. The van der Waals surface area contributed by atoms with E-state index in [1.54, 1.807) is 0 Å². The lowest BCUT2D eigenvalue weighted by atomic mass is 9.83. The zero-order valence-corrected chi connectivity index (χ0v) is 15.6. The topological polar surface area (TPSA) is 49.8 Å². The second-order valence-electron chi connectivity index (χ2n) is 7.25. The molecule has 0 amide bonds. The van der Waals surface area contributed by atoms with Crippen LogP contribution < -0.4 is 0 Å². The van der Waals surface area contributed by atoms with Gasteiger partial charge in [-0.15, -0.1) is 0 Å². The van der Waals surface area contributed by atoms with E-state index in [-0.39, 0.29) is 12.3 Å². The van der Waals surface area contributed by atoms with Crippen LogP contribution in [0.5, 0.6) is 0 Å². The molecule has 1 unspecified atom stereocenters. The highest BCUT2D eigenvalue weighted by Crippen LogP contribution is 2.40. The number of fused-ring (bicyclic) bond motifs is 1. The Morgan fingerprint density at radius 1 is 1.35 bits per heavy atom. The molecule has 3 rings (SSSR count). The number of nitrogens with zero attached hydrogens (tertiary/aromatic N) is 1. The van der Waals surface area contributed by atoms with Gasteiger partial charge in [0.05, 0.1) is 0 Å². The fraction of sp³-hybridized carbons (Fsp3) is 0.409. The monoisotopic (exact) mass is 353 g/mol. The Kier molecular flexibility index (Phi) is 5.94. The summed E-state index contributed by atoms with van der Waals surface area (Å²) in [5, 5.41) is 9.00. The maximum atomic E-state index is 10.9. The summed E-state index contributed by atoms with van der Waals surface area (Å²) in [6.45, 7) is 1.57. The van der Waals surface area contributed by atoms with E-state index in [9.17, 15) is 4.79 Å². The molecular formula is C22H27NO3. The van der Waals surface area contributed by atoms with Gasteiger partial charge in [-0.05, 0) is 62.1 Å². The number of aliphatic carboxylic acids is 1. The van der Waals surface area contributed by atoms with Crippen molar-refractivity contribution in [3.05, 3.63) is 65.0 Å². The standard InChI is InChI=1S/C22H27NO3/c1-23(2)13-5-8-19-18-7-4-3-6-17(18)15-26-21-11-9-16(14-20(19)21)10-12-22(24)25/h3-4,6-9,11,16H,5,10,12-15H2,1-2H3,(H,24,25). The first kappa shape index (κ1) is 18.5. The Morgan fingerprint density at radius 3 is 2.92 bits per heavy atom. The second kappa shape index (κ2) is 8.37. The third-order valence-corrected chi connectivity index (χ3v) is 4.95. The summed E-state index contributed by atoms with van der Waals surface area (Å²) in [5.41, 5.74) is 4.91.